The number of Topliss-reactive ketones (excluding diaryl/α,β-unsaturated/α-hetero) is 1. The van der Waals surface area contributed by atoms with Crippen LogP contribution in [0.1, 0.15) is 25.8 Å². The fraction of sp³-hybridized carbons (Fsp3) is 0.263. The van der Waals surface area contributed by atoms with Crippen LogP contribution in [0.15, 0.2) is 54.6 Å². The van der Waals surface area contributed by atoms with Crippen LogP contribution in [-0.2, 0) is 16.0 Å². The van der Waals surface area contributed by atoms with Crippen molar-refractivity contribution in [1.82, 2.24) is 0 Å². The molecule has 1 atom stereocenters. The molecular formula is C19H21NO3. The fourth-order valence-electron chi connectivity index (χ4n) is 2.08. The molecule has 0 aliphatic rings. The zero-order valence-electron chi connectivity index (χ0n) is 13.4. The molecule has 0 spiro atoms. The number of rotatable bonds is 7. The number of nitrogens with one attached hydrogen (secondary N) is 1. The van der Waals surface area contributed by atoms with E-state index in [2.05, 4.69) is 5.32 Å². The van der Waals surface area contributed by atoms with E-state index >= 15 is 0 Å². The molecule has 120 valence electrons. The second-order valence-electron chi connectivity index (χ2n) is 5.46. The Hall–Kier alpha value is -2.62. The molecule has 2 aromatic carbocycles. The Morgan fingerprint density at radius 1 is 1.04 bits per heavy atom. The highest BCUT2D eigenvalue weighted by molar-refractivity contribution is 5.94. The lowest BCUT2D eigenvalue weighted by molar-refractivity contribution is -0.122. The summed E-state index contributed by atoms with van der Waals surface area (Å²) in [7, 11) is 0. The molecule has 4 nitrogen and oxygen atoms in total. The molecule has 0 aliphatic carbocycles. The lowest BCUT2D eigenvalue weighted by Gasteiger charge is -2.15. The molecule has 1 N–H and O–H groups in total. The molecule has 1 unspecified atom stereocenters. The monoisotopic (exact) mass is 311 g/mol. The number of aryl methyl sites for hydroxylation is 1. The molecule has 1 amide bonds. The zero-order valence-corrected chi connectivity index (χ0v) is 13.4. The lowest BCUT2D eigenvalue weighted by atomic mass is 10.1. The minimum absolute atomic E-state index is 0.177. The summed E-state index contributed by atoms with van der Waals surface area (Å²) in [5.74, 6) is 0.612. The molecule has 0 aromatic heterocycles. The third kappa shape index (κ3) is 5.58. The summed E-state index contributed by atoms with van der Waals surface area (Å²) < 4.78 is 5.65. The number of anilines is 1. The average Bonchev–Trinajstić information content (AvgIpc) is 2.55. The van der Waals surface area contributed by atoms with E-state index in [1.165, 1.54) is 0 Å². The molecule has 4 heteroatoms. The Kier molecular flexibility index (Phi) is 5.92. The number of carbonyl (C=O) groups is 2. The van der Waals surface area contributed by atoms with E-state index in [1.54, 1.807) is 13.8 Å². The highest BCUT2D eigenvalue weighted by Gasteiger charge is 2.14. The zero-order chi connectivity index (χ0) is 16.7. The molecule has 0 aliphatic heterocycles. The summed E-state index contributed by atoms with van der Waals surface area (Å²) in [6.45, 7) is 3.30. The first-order valence-corrected chi connectivity index (χ1v) is 7.65. The van der Waals surface area contributed by atoms with Crippen molar-refractivity contribution in [3.63, 3.8) is 0 Å². The van der Waals surface area contributed by atoms with Crippen molar-refractivity contribution in [2.45, 2.75) is 32.8 Å². The first-order chi connectivity index (χ1) is 11.0. The summed E-state index contributed by atoms with van der Waals surface area (Å²) >= 11 is 0. The van der Waals surface area contributed by atoms with Gasteiger partial charge in [0.1, 0.15) is 11.5 Å². The molecule has 23 heavy (non-hydrogen) atoms. The normalized spacial score (nSPS) is 11.6. The quantitative estimate of drug-likeness (QED) is 0.850. The van der Waals surface area contributed by atoms with Crippen LogP contribution < -0.4 is 10.1 Å². The van der Waals surface area contributed by atoms with Crippen LogP contribution in [0.3, 0.4) is 0 Å². The summed E-state index contributed by atoms with van der Waals surface area (Å²) in [5.41, 5.74) is 1.82. The van der Waals surface area contributed by atoms with Gasteiger partial charge in [0.15, 0.2) is 6.10 Å². The number of ether oxygens (including phenoxy) is 1. The van der Waals surface area contributed by atoms with Crippen LogP contribution in [0.2, 0.25) is 0 Å². The molecular weight excluding hydrogens is 290 g/mol. The van der Waals surface area contributed by atoms with Crippen molar-refractivity contribution in [2.24, 2.45) is 0 Å². The van der Waals surface area contributed by atoms with Gasteiger partial charge in [0.25, 0.3) is 5.91 Å². The molecule has 2 aromatic rings. The Morgan fingerprint density at radius 3 is 2.30 bits per heavy atom. The molecule has 0 saturated heterocycles. The van der Waals surface area contributed by atoms with Crippen LogP contribution in [0.4, 0.5) is 5.69 Å². The van der Waals surface area contributed by atoms with Gasteiger partial charge < -0.3 is 14.8 Å². The van der Waals surface area contributed by atoms with Crippen molar-refractivity contribution in [3.05, 3.63) is 60.2 Å². The smallest absolute Gasteiger partial charge is 0.265 e. The number of hydrogen-bond donors (Lipinski definition) is 1. The Balaban J connectivity index is 1.88. The van der Waals surface area contributed by atoms with Gasteiger partial charge >= 0.3 is 0 Å². The van der Waals surface area contributed by atoms with Gasteiger partial charge in [-0.05, 0) is 50.1 Å². The van der Waals surface area contributed by atoms with E-state index in [4.69, 9.17) is 4.74 Å². The standard InChI is InChI=1S/C19H21NO3/c1-14(21)8-9-16-10-12-18(13-11-16)23-15(2)19(22)20-17-6-4-3-5-7-17/h3-7,10-13,15H,8-9H2,1-2H3,(H,20,22). The first-order valence-electron chi connectivity index (χ1n) is 7.65. The summed E-state index contributed by atoms with van der Waals surface area (Å²) in [6.07, 6.45) is 0.661. The minimum atomic E-state index is -0.599. The maximum Gasteiger partial charge on any atom is 0.265 e. The SMILES string of the molecule is CC(=O)CCc1ccc(OC(C)C(=O)Nc2ccccc2)cc1. The highest BCUT2D eigenvalue weighted by atomic mass is 16.5. The Morgan fingerprint density at radius 2 is 1.70 bits per heavy atom. The van der Waals surface area contributed by atoms with E-state index in [9.17, 15) is 9.59 Å². The van der Waals surface area contributed by atoms with Crippen LogP contribution in [-0.4, -0.2) is 17.8 Å². The number of carbonyl (C=O) groups excluding carboxylic acids is 2. The summed E-state index contributed by atoms with van der Waals surface area (Å²) in [5, 5.41) is 2.80. The van der Waals surface area contributed by atoms with Gasteiger partial charge in [-0.3, -0.25) is 4.79 Å². The van der Waals surface area contributed by atoms with Crippen molar-refractivity contribution in [2.75, 3.05) is 5.32 Å². The molecule has 0 radical (unpaired) electrons. The molecule has 0 heterocycles. The predicted molar refractivity (Wildman–Crippen MR) is 90.6 cm³/mol. The first kappa shape index (κ1) is 16.7. The molecule has 2 rings (SSSR count). The maximum atomic E-state index is 12.1. The minimum Gasteiger partial charge on any atom is -0.481 e. The van der Waals surface area contributed by atoms with E-state index < -0.39 is 6.10 Å². The van der Waals surface area contributed by atoms with Crippen molar-refractivity contribution in [3.8, 4) is 5.75 Å². The van der Waals surface area contributed by atoms with Crippen LogP contribution in [0, 0.1) is 0 Å². The van der Waals surface area contributed by atoms with Gasteiger partial charge in [0, 0.05) is 12.1 Å². The van der Waals surface area contributed by atoms with Gasteiger partial charge in [-0.1, -0.05) is 30.3 Å². The second kappa shape index (κ2) is 8.13. The van der Waals surface area contributed by atoms with Crippen LogP contribution in [0.5, 0.6) is 5.75 Å². The topological polar surface area (TPSA) is 55.4 Å². The number of para-hydroxylation sites is 1. The van der Waals surface area contributed by atoms with Crippen LogP contribution >= 0.6 is 0 Å². The Bertz CT molecular complexity index is 650. The molecule has 0 saturated carbocycles. The van der Waals surface area contributed by atoms with Gasteiger partial charge in [-0.2, -0.15) is 0 Å². The van der Waals surface area contributed by atoms with Gasteiger partial charge in [-0.25, -0.2) is 0 Å². The largest absolute Gasteiger partial charge is 0.481 e. The van der Waals surface area contributed by atoms with E-state index in [-0.39, 0.29) is 11.7 Å². The molecule has 0 bridgehead atoms. The Labute approximate surface area is 136 Å². The third-order valence-corrected chi connectivity index (χ3v) is 3.41. The highest BCUT2D eigenvalue weighted by Crippen LogP contribution is 2.16. The summed E-state index contributed by atoms with van der Waals surface area (Å²) in [6, 6.07) is 16.7. The van der Waals surface area contributed by atoms with Crippen molar-refractivity contribution < 1.29 is 14.3 Å². The third-order valence-electron chi connectivity index (χ3n) is 3.41. The molecule has 0 fully saturated rings. The fourth-order valence-corrected chi connectivity index (χ4v) is 2.08. The number of hydrogen-bond acceptors (Lipinski definition) is 3. The van der Waals surface area contributed by atoms with Crippen LogP contribution in [0.25, 0.3) is 0 Å². The average molecular weight is 311 g/mol. The summed E-state index contributed by atoms with van der Waals surface area (Å²) in [4.78, 5) is 23.1. The number of amides is 1. The number of ketones is 1. The number of benzene rings is 2. The van der Waals surface area contributed by atoms with E-state index in [1.807, 2.05) is 54.6 Å². The maximum absolute atomic E-state index is 12.1. The van der Waals surface area contributed by atoms with E-state index in [0.717, 1.165) is 17.7 Å². The second-order valence-corrected chi connectivity index (χ2v) is 5.46. The van der Waals surface area contributed by atoms with Gasteiger partial charge in [-0.15, -0.1) is 0 Å². The van der Waals surface area contributed by atoms with Gasteiger partial charge in [0.2, 0.25) is 0 Å². The van der Waals surface area contributed by atoms with E-state index in [0.29, 0.717) is 12.2 Å². The predicted octanol–water partition coefficient (Wildman–Crippen LogP) is 3.61. The van der Waals surface area contributed by atoms with Crippen molar-refractivity contribution in [1.29, 1.82) is 0 Å². The lowest BCUT2D eigenvalue weighted by Crippen LogP contribution is -2.30. The van der Waals surface area contributed by atoms with Gasteiger partial charge in [0.05, 0.1) is 0 Å². The van der Waals surface area contributed by atoms with Crippen molar-refractivity contribution >= 4 is 17.4 Å².